The minimum atomic E-state index is -0.373. The molecule has 1 saturated heterocycles. The van der Waals surface area contributed by atoms with Crippen LogP contribution in [0.2, 0.25) is 10.0 Å². The van der Waals surface area contributed by atoms with E-state index in [1.807, 2.05) is 0 Å². The first-order valence-electron chi connectivity index (χ1n) is 8.27. The number of benzene rings is 2. The largest absolute Gasteiger partial charge is 0.495 e. The summed E-state index contributed by atoms with van der Waals surface area (Å²) in [5, 5.41) is 3.57. The van der Waals surface area contributed by atoms with Crippen LogP contribution in [0.5, 0.6) is 11.5 Å². The van der Waals surface area contributed by atoms with Crippen LogP contribution in [0, 0.1) is 0 Å². The summed E-state index contributed by atoms with van der Waals surface area (Å²) >= 11 is 12.3. The van der Waals surface area contributed by atoms with Gasteiger partial charge in [-0.05, 0) is 24.6 Å². The first kappa shape index (κ1) is 19.3. The number of ether oxygens (including phenoxy) is 2. The van der Waals surface area contributed by atoms with Crippen LogP contribution < -0.4 is 19.7 Å². The molecule has 142 valence electrons. The summed E-state index contributed by atoms with van der Waals surface area (Å²) in [6.07, 6.45) is 1.25. The number of nitrogens with zero attached hydrogens (tertiary/aromatic N) is 1. The molecule has 0 radical (unpaired) electrons. The zero-order valence-electron chi connectivity index (χ0n) is 14.8. The summed E-state index contributed by atoms with van der Waals surface area (Å²) in [6.45, 7) is 0.589. The van der Waals surface area contributed by atoms with Crippen LogP contribution in [-0.2, 0) is 4.79 Å². The molecule has 27 heavy (non-hydrogen) atoms. The third kappa shape index (κ3) is 3.96. The Morgan fingerprint density at radius 1 is 1.07 bits per heavy atom. The van der Waals surface area contributed by atoms with E-state index >= 15 is 0 Å². The van der Waals surface area contributed by atoms with Gasteiger partial charge in [-0.25, -0.2) is 0 Å². The molecule has 0 bridgehead atoms. The van der Waals surface area contributed by atoms with Crippen molar-refractivity contribution in [2.45, 2.75) is 12.8 Å². The van der Waals surface area contributed by atoms with Gasteiger partial charge in [0.25, 0.3) is 5.91 Å². The van der Waals surface area contributed by atoms with E-state index in [0.29, 0.717) is 51.4 Å². The molecule has 2 amide bonds. The molecule has 1 N–H and O–H groups in total. The van der Waals surface area contributed by atoms with E-state index in [1.54, 1.807) is 35.2 Å². The molecule has 2 aromatic rings. The van der Waals surface area contributed by atoms with Crippen LogP contribution in [0.1, 0.15) is 23.2 Å². The number of halogens is 2. The number of hydrogen-bond acceptors (Lipinski definition) is 4. The molecule has 1 aliphatic heterocycles. The molecule has 0 aromatic heterocycles. The number of amides is 2. The molecular weight excluding hydrogens is 391 g/mol. The van der Waals surface area contributed by atoms with E-state index in [2.05, 4.69) is 5.32 Å². The highest BCUT2D eigenvalue weighted by Gasteiger charge is 2.24. The minimum Gasteiger partial charge on any atom is -0.495 e. The number of carbonyl (C=O) groups excluding carboxylic acids is 2. The third-order valence-electron chi connectivity index (χ3n) is 4.29. The van der Waals surface area contributed by atoms with Crippen LogP contribution >= 0.6 is 23.2 Å². The van der Waals surface area contributed by atoms with Gasteiger partial charge in [-0.1, -0.05) is 23.2 Å². The maximum atomic E-state index is 12.7. The minimum absolute atomic E-state index is 0.00133. The predicted molar refractivity (Wildman–Crippen MR) is 106 cm³/mol. The number of hydrogen-bond donors (Lipinski definition) is 1. The van der Waals surface area contributed by atoms with Gasteiger partial charge in [0.2, 0.25) is 5.91 Å². The van der Waals surface area contributed by atoms with Crippen molar-refractivity contribution in [1.82, 2.24) is 0 Å². The summed E-state index contributed by atoms with van der Waals surface area (Å²) in [5.74, 6) is 0.436. The smallest absolute Gasteiger partial charge is 0.255 e. The van der Waals surface area contributed by atoms with Gasteiger partial charge in [-0.2, -0.15) is 0 Å². The molecule has 1 aliphatic rings. The molecule has 0 atom stereocenters. The molecule has 1 heterocycles. The maximum Gasteiger partial charge on any atom is 0.255 e. The first-order valence-corrected chi connectivity index (χ1v) is 9.03. The van der Waals surface area contributed by atoms with Crippen molar-refractivity contribution in [2.24, 2.45) is 0 Å². The van der Waals surface area contributed by atoms with Gasteiger partial charge in [-0.15, -0.1) is 0 Å². The van der Waals surface area contributed by atoms with Crippen LogP contribution in [0.4, 0.5) is 11.4 Å². The lowest BCUT2D eigenvalue weighted by Crippen LogP contribution is -2.24. The molecule has 0 aliphatic carbocycles. The maximum absolute atomic E-state index is 12.7. The molecule has 1 fully saturated rings. The molecule has 0 unspecified atom stereocenters. The molecule has 8 heteroatoms. The van der Waals surface area contributed by atoms with Crippen molar-refractivity contribution in [3.63, 3.8) is 0 Å². The summed E-state index contributed by atoms with van der Waals surface area (Å²) in [6, 6.07) is 7.96. The molecular formula is C19H18Cl2N2O4. The number of carbonyl (C=O) groups is 2. The van der Waals surface area contributed by atoms with Gasteiger partial charge in [0, 0.05) is 30.7 Å². The summed E-state index contributed by atoms with van der Waals surface area (Å²) in [4.78, 5) is 26.4. The Balaban J connectivity index is 1.90. The van der Waals surface area contributed by atoms with Gasteiger partial charge < -0.3 is 19.7 Å². The molecule has 0 saturated carbocycles. The fraction of sp³-hybridized carbons (Fsp3) is 0.263. The summed E-state index contributed by atoms with van der Waals surface area (Å²) < 4.78 is 10.5. The van der Waals surface area contributed by atoms with Gasteiger partial charge in [0.05, 0.1) is 35.6 Å². The fourth-order valence-corrected chi connectivity index (χ4v) is 3.37. The Kier molecular flexibility index (Phi) is 5.77. The Bertz CT molecular complexity index is 902. The molecule has 2 aromatic carbocycles. The van der Waals surface area contributed by atoms with Crippen LogP contribution in [0.25, 0.3) is 0 Å². The number of methoxy groups -OCH3 is 2. The van der Waals surface area contributed by atoms with E-state index in [0.717, 1.165) is 6.42 Å². The van der Waals surface area contributed by atoms with Crippen LogP contribution in [-0.4, -0.2) is 32.6 Å². The monoisotopic (exact) mass is 408 g/mol. The molecule has 6 nitrogen and oxygen atoms in total. The second kappa shape index (κ2) is 8.06. The Hall–Kier alpha value is -2.44. The van der Waals surface area contributed by atoms with Gasteiger partial charge >= 0.3 is 0 Å². The van der Waals surface area contributed by atoms with E-state index in [9.17, 15) is 9.59 Å². The number of rotatable bonds is 5. The SMILES string of the molecule is COc1cc(NC(=O)c2ccc(Cl)c(N3CCCC3=O)c2)c(OC)cc1Cl. The average Bonchev–Trinajstić information content (AvgIpc) is 3.08. The lowest BCUT2D eigenvalue weighted by Gasteiger charge is -2.18. The summed E-state index contributed by atoms with van der Waals surface area (Å²) in [5.41, 5.74) is 1.31. The van der Waals surface area contributed by atoms with E-state index in [4.69, 9.17) is 32.7 Å². The topological polar surface area (TPSA) is 67.9 Å². The standard InChI is InChI=1S/C19H18Cl2N2O4/c1-26-16-10-14(17(27-2)9-13(16)21)22-19(25)11-5-6-12(20)15(8-11)23-7-3-4-18(23)24/h5-6,8-10H,3-4,7H2,1-2H3,(H,22,25). The Morgan fingerprint density at radius 2 is 1.81 bits per heavy atom. The second-order valence-corrected chi connectivity index (χ2v) is 6.77. The zero-order chi connectivity index (χ0) is 19.6. The molecule has 3 rings (SSSR count). The lowest BCUT2D eigenvalue weighted by molar-refractivity contribution is -0.117. The molecule has 0 spiro atoms. The third-order valence-corrected chi connectivity index (χ3v) is 4.91. The van der Waals surface area contributed by atoms with E-state index < -0.39 is 0 Å². The van der Waals surface area contributed by atoms with Crippen molar-refractivity contribution < 1.29 is 19.1 Å². The zero-order valence-corrected chi connectivity index (χ0v) is 16.4. The van der Waals surface area contributed by atoms with Crippen molar-refractivity contribution in [1.29, 1.82) is 0 Å². The normalized spacial score (nSPS) is 13.6. The van der Waals surface area contributed by atoms with Gasteiger partial charge in [0.15, 0.2) is 0 Å². The number of nitrogens with one attached hydrogen (secondary N) is 1. The number of anilines is 2. The Labute approximate surface area is 167 Å². The second-order valence-electron chi connectivity index (χ2n) is 5.96. The van der Waals surface area contributed by atoms with Gasteiger partial charge in [-0.3, -0.25) is 9.59 Å². The average molecular weight is 409 g/mol. The van der Waals surface area contributed by atoms with E-state index in [1.165, 1.54) is 14.2 Å². The van der Waals surface area contributed by atoms with Crippen LogP contribution in [0.15, 0.2) is 30.3 Å². The van der Waals surface area contributed by atoms with Crippen molar-refractivity contribution >= 4 is 46.4 Å². The Morgan fingerprint density at radius 3 is 2.44 bits per heavy atom. The van der Waals surface area contributed by atoms with Crippen LogP contribution in [0.3, 0.4) is 0 Å². The van der Waals surface area contributed by atoms with Gasteiger partial charge in [0.1, 0.15) is 11.5 Å². The highest BCUT2D eigenvalue weighted by atomic mass is 35.5. The highest BCUT2D eigenvalue weighted by Crippen LogP contribution is 2.36. The highest BCUT2D eigenvalue weighted by molar-refractivity contribution is 6.34. The summed E-state index contributed by atoms with van der Waals surface area (Å²) in [7, 11) is 2.96. The fourth-order valence-electron chi connectivity index (χ4n) is 2.92. The lowest BCUT2D eigenvalue weighted by atomic mass is 10.1. The van der Waals surface area contributed by atoms with Crippen molar-refractivity contribution in [3.05, 3.63) is 45.9 Å². The quantitative estimate of drug-likeness (QED) is 0.796. The first-order chi connectivity index (χ1) is 12.9. The van der Waals surface area contributed by atoms with Crippen molar-refractivity contribution in [3.8, 4) is 11.5 Å². The van der Waals surface area contributed by atoms with E-state index in [-0.39, 0.29) is 11.8 Å². The predicted octanol–water partition coefficient (Wildman–Crippen LogP) is 4.39. The van der Waals surface area contributed by atoms with Crippen molar-refractivity contribution in [2.75, 3.05) is 31.0 Å².